The van der Waals surface area contributed by atoms with E-state index in [1.807, 2.05) is 0 Å². The van der Waals surface area contributed by atoms with Gasteiger partial charge >= 0.3 is 5.97 Å². The molecular weight excluding hydrogens is 194 g/mol. The van der Waals surface area contributed by atoms with Gasteiger partial charge in [-0.1, -0.05) is 13.8 Å². The molecule has 4 nitrogen and oxygen atoms in total. The lowest BCUT2D eigenvalue weighted by Gasteiger charge is -2.08. The maximum absolute atomic E-state index is 10.2. The van der Waals surface area contributed by atoms with Crippen molar-refractivity contribution in [3.8, 4) is 0 Å². The van der Waals surface area contributed by atoms with E-state index in [4.69, 9.17) is 15.6 Å². The summed E-state index contributed by atoms with van der Waals surface area (Å²) < 4.78 is 5.06. The van der Waals surface area contributed by atoms with E-state index in [-0.39, 0.29) is 19.0 Å². The minimum Gasteiger partial charge on any atom is -0.480 e. The van der Waals surface area contributed by atoms with E-state index >= 15 is 0 Å². The molecule has 0 bridgehead atoms. The SMILES string of the molecule is CC(C)CCOC[C@H](N)C(=O)O.Cl. The summed E-state index contributed by atoms with van der Waals surface area (Å²) in [4.78, 5) is 10.2. The van der Waals surface area contributed by atoms with Gasteiger partial charge in [-0.15, -0.1) is 12.4 Å². The highest BCUT2D eigenvalue weighted by atomic mass is 35.5. The zero-order chi connectivity index (χ0) is 9.56. The predicted molar refractivity (Wildman–Crippen MR) is 53.1 cm³/mol. The van der Waals surface area contributed by atoms with E-state index in [1.165, 1.54) is 0 Å². The van der Waals surface area contributed by atoms with Gasteiger partial charge in [0.05, 0.1) is 6.61 Å². The van der Waals surface area contributed by atoms with Crippen molar-refractivity contribution in [3.05, 3.63) is 0 Å². The predicted octanol–water partition coefficient (Wildman–Crippen LogP) is 0.883. The van der Waals surface area contributed by atoms with Crippen LogP contribution in [0.2, 0.25) is 0 Å². The van der Waals surface area contributed by atoms with Crippen LogP contribution >= 0.6 is 12.4 Å². The molecule has 0 aromatic heterocycles. The highest BCUT2D eigenvalue weighted by molar-refractivity contribution is 5.85. The molecule has 0 radical (unpaired) electrons. The Balaban J connectivity index is 0. The van der Waals surface area contributed by atoms with E-state index in [9.17, 15) is 4.79 Å². The smallest absolute Gasteiger partial charge is 0.322 e. The number of carboxylic acid groups (broad SMARTS) is 1. The van der Waals surface area contributed by atoms with Crippen molar-refractivity contribution in [3.63, 3.8) is 0 Å². The molecule has 0 aromatic rings. The van der Waals surface area contributed by atoms with Crippen LogP contribution < -0.4 is 5.73 Å². The normalized spacial score (nSPS) is 12.3. The monoisotopic (exact) mass is 211 g/mol. The lowest BCUT2D eigenvalue weighted by atomic mass is 10.1. The zero-order valence-electron chi connectivity index (χ0n) is 8.03. The molecule has 0 aliphatic rings. The Labute approximate surface area is 84.9 Å². The molecule has 13 heavy (non-hydrogen) atoms. The molecule has 0 fully saturated rings. The molecule has 0 spiro atoms. The first-order valence-electron chi connectivity index (χ1n) is 4.10. The van der Waals surface area contributed by atoms with E-state index in [1.54, 1.807) is 0 Å². The third-order valence-corrected chi connectivity index (χ3v) is 1.45. The second-order valence-corrected chi connectivity index (χ2v) is 3.20. The third-order valence-electron chi connectivity index (χ3n) is 1.45. The van der Waals surface area contributed by atoms with Crippen LogP contribution in [0.15, 0.2) is 0 Å². The Hall–Kier alpha value is -0.320. The Morgan fingerprint density at radius 1 is 1.54 bits per heavy atom. The minimum atomic E-state index is -1.01. The molecule has 80 valence electrons. The van der Waals surface area contributed by atoms with Crippen molar-refractivity contribution in [1.82, 2.24) is 0 Å². The Kier molecular flexibility index (Phi) is 9.67. The largest absolute Gasteiger partial charge is 0.480 e. The van der Waals surface area contributed by atoms with Gasteiger partial charge in [0.25, 0.3) is 0 Å². The average molecular weight is 212 g/mol. The van der Waals surface area contributed by atoms with Crippen LogP contribution in [0.5, 0.6) is 0 Å². The number of aliphatic carboxylic acids is 1. The molecule has 3 N–H and O–H groups in total. The zero-order valence-corrected chi connectivity index (χ0v) is 8.84. The van der Waals surface area contributed by atoms with E-state index in [0.717, 1.165) is 6.42 Å². The molecule has 0 unspecified atom stereocenters. The molecule has 0 saturated heterocycles. The number of carbonyl (C=O) groups is 1. The number of hydrogen-bond donors (Lipinski definition) is 2. The minimum absolute atomic E-state index is 0. The van der Waals surface area contributed by atoms with Gasteiger partial charge in [0, 0.05) is 6.61 Å². The summed E-state index contributed by atoms with van der Waals surface area (Å²) in [6.07, 6.45) is 0.937. The van der Waals surface area contributed by atoms with Crippen LogP contribution in [0.4, 0.5) is 0 Å². The number of nitrogens with two attached hydrogens (primary N) is 1. The number of ether oxygens (including phenoxy) is 1. The van der Waals surface area contributed by atoms with Gasteiger partial charge < -0.3 is 15.6 Å². The summed E-state index contributed by atoms with van der Waals surface area (Å²) >= 11 is 0. The fourth-order valence-electron chi connectivity index (χ4n) is 0.601. The summed E-state index contributed by atoms with van der Waals surface area (Å²) in [5.41, 5.74) is 5.21. The first-order valence-corrected chi connectivity index (χ1v) is 4.10. The molecule has 0 aliphatic carbocycles. The fraction of sp³-hybridized carbons (Fsp3) is 0.875. The standard InChI is InChI=1S/C8H17NO3.ClH/c1-6(2)3-4-12-5-7(9)8(10)11;/h6-7H,3-5,9H2,1-2H3,(H,10,11);1H/t7-;/m0./s1. The van der Waals surface area contributed by atoms with Gasteiger partial charge in [-0.2, -0.15) is 0 Å². The van der Waals surface area contributed by atoms with Gasteiger partial charge in [-0.25, -0.2) is 0 Å². The van der Waals surface area contributed by atoms with Crippen LogP contribution in [0.1, 0.15) is 20.3 Å². The van der Waals surface area contributed by atoms with Crippen molar-refractivity contribution < 1.29 is 14.6 Å². The fourth-order valence-corrected chi connectivity index (χ4v) is 0.601. The van der Waals surface area contributed by atoms with Gasteiger partial charge in [0.1, 0.15) is 6.04 Å². The molecular formula is C8H18ClNO3. The van der Waals surface area contributed by atoms with Gasteiger partial charge in [-0.05, 0) is 12.3 Å². The molecule has 0 saturated carbocycles. The summed E-state index contributed by atoms with van der Waals surface area (Å²) in [5.74, 6) is -0.439. The van der Waals surface area contributed by atoms with Crippen molar-refractivity contribution >= 4 is 18.4 Å². The third kappa shape index (κ3) is 9.60. The van der Waals surface area contributed by atoms with E-state index < -0.39 is 12.0 Å². The molecule has 5 heteroatoms. The summed E-state index contributed by atoms with van der Waals surface area (Å²) in [6, 6.07) is -0.892. The Morgan fingerprint density at radius 2 is 2.08 bits per heavy atom. The van der Waals surface area contributed by atoms with Crippen LogP contribution in [0.25, 0.3) is 0 Å². The van der Waals surface area contributed by atoms with Gasteiger partial charge in [0.15, 0.2) is 0 Å². The van der Waals surface area contributed by atoms with Gasteiger partial charge in [-0.3, -0.25) is 4.79 Å². The first-order chi connectivity index (χ1) is 5.54. The highest BCUT2D eigenvalue weighted by Crippen LogP contribution is 1.98. The van der Waals surface area contributed by atoms with E-state index in [0.29, 0.717) is 12.5 Å². The van der Waals surface area contributed by atoms with Crippen molar-refractivity contribution in [2.24, 2.45) is 11.7 Å². The van der Waals surface area contributed by atoms with Crippen LogP contribution in [-0.4, -0.2) is 30.3 Å². The number of hydrogen-bond acceptors (Lipinski definition) is 3. The Bertz CT molecular complexity index is 141. The quantitative estimate of drug-likeness (QED) is 0.640. The molecule has 0 aliphatic heterocycles. The van der Waals surface area contributed by atoms with Crippen LogP contribution in [0.3, 0.4) is 0 Å². The summed E-state index contributed by atoms with van der Waals surface area (Å²) in [7, 11) is 0. The van der Waals surface area contributed by atoms with E-state index in [2.05, 4.69) is 13.8 Å². The average Bonchev–Trinajstić information content (AvgIpc) is 1.97. The molecule has 0 rings (SSSR count). The maximum atomic E-state index is 10.2. The number of halogens is 1. The topological polar surface area (TPSA) is 72.5 Å². The maximum Gasteiger partial charge on any atom is 0.322 e. The highest BCUT2D eigenvalue weighted by Gasteiger charge is 2.10. The molecule has 0 heterocycles. The number of rotatable bonds is 6. The van der Waals surface area contributed by atoms with Crippen molar-refractivity contribution in [2.45, 2.75) is 26.3 Å². The lowest BCUT2D eigenvalue weighted by Crippen LogP contribution is -2.35. The Morgan fingerprint density at radius 3 is 2.46 bits per heavy atom. The number of carboxylic acids is 1. The summed E-state index contributed by atoms with van der Waals surface area (Å²) in [6.45, 7) is 4.85. The second-order valence-electron chi connectivity index (χ2n) is 3.20. The molecule has 0 aromatic carbocycles. The summed E-state index contributed by atoms with van der Waals surface area (Å²) in [5, 5.41) is 8.39. The second kappa shape index (κ2) is 8.29. The molecule has 0 amide bonds. The first kappa shape index (κ1) is 15.2. The van der Waals surface area contributed by atoms with Gasteiger partial charge in [0.2, 0.25) is 0 Å². The van der Waals surface area contributed by atoms with Crippen molar-refractivity contribution in [2.75, 3.05) is 13.2 Å². The van der Waals surface area contributed by atoms with Crippen molar-refractivity contribution in [1.29, 1.82) is 0 Å². The lowest BCUT2D eigenvalue weighted by molar-refractivity contribution is -0.140. The van der Waals surface area contributed by atoms with Crippen LogP contribution in [0, 0.1) is 5.92 Å². The molecule has 1 atom stereocenters. The van der Waals surface area contributed by atoms with Crippen LogP contribution in [-0.2, 0) is 9.53 Å².